The molecule has 8 nitrogen and oxygen atoms in total. The van der Waals surface area contributed by atoms with Crippen LogP contribution in [0.25, 0.3) is 0 Å². The molecule has 49 heavy (non-hydrogen) atoms. The number of rotatable bonds is 36. The molecule has 0 unspecified atom stereocenters. The lowest BCUT2D eigenvalue weighted by atomic mass is 10.1. The fourth-order valence-electron chi connectivity index (χ4n) is 5.38. The number of esters is 2. The lowest BCUT2D eigenvalue weighted by molar-refractivity contribution is -0.161. The summed E-state index contributed by atoms with van der Waals surface area (Å²) >= 11 is 0. The molecule has 0 heterocycles. The first-order valence-corrected chi connectivity index (χ1v) is 21.3. The zero-order valence-corrected chi connectivity index (χ0v) is 32.2. The Hall–Kier alpha value is -1.73. The Morgan fingerprint density at radius 3 is 1.43 bits per heavy atom. The maximum absolute atomic E-state index is 12.4. The molecule has 0 radical (unpaired) electrons. The molecule has 0 amide bonds. The van der Waals surface area contributed by atoms with Gasteiger partial charge in [0.1, 0.15) is 6.61 Å². The van der Waals surface area contributed by atoms with Gasteiger partial charge in [0.25, 0.3) is 0 Å². The minimum atomic E-state index is -4.75. The molecule has 0 spiro atoms. The molecule has 0 aliphatic carbocycles. The first-order chi connectivity index (χ1) is 23.8. The van der Waals surface area contributed by atoms with Crippen molar-refractivity contribution in [1.29, 1.82) is 0 Å². The molecule has 9 heteroatoms. The third-order valence-electron chi connectivity index (χ3n) is 8.38. The number of allylic oxidation sites excluding steroid dienone is 6. The van der Waals surface area contributed by atoms with Crippen LogP contribution in [0.1, 0.15) is 187 Å². The first kappa shape index (κ1) is 47.3. The van der Waals surface area contributed by atoms with Crippen LogP contribution < -0.4 is 0 Å². The molecule has 0 aliphatic heterocycles. The van der Waals surface area contributed by atoms with Crippen molar-refractivity contribution in [3.63, 3.8) is 0 Å². The summed E-state index contributed by atoms with van der Waals surface area (Å²) in [4.78, 5) is 42.7. The smallest absolute Gasteiger partial charge is 0.462 e. The van der Waals surface area contributed by atoms with E-state index in [0.29, 0.717) is 12.8 Å². The highest BCUT2D eigenvalue weighted by Gasteiger charge is 2.22. The quantitative estimate of drug-likeness (QED) is 0.0285. The third kappa shape index (κ3) is 38.9. The number of phosphoric ester groups is 1. The van der Waals surface area contributed by atoms with Gasteiger partial charge in [-0.25, -0.2) is 4.57 Å². The molecule has 2 N–H and O–H groups in total. The van der Waals surface area contributed by atoms with Crippen molar-refractivity contribution in [3.8, 4) is 0 Å². The van der Waals surface area contributed by atoms with Crippen LogP contribution in [0.5, 0.6) is 0 Å². The Labute approximate surface area is 300 Å². The van der Waals surface area contributed by atoms with Gasteiger partial charge in [0.05, 0.1) is 6.61 Å². The number of hydrogen-bond acceptors (Lipinski definition) is 6. The molecule has 286 valence electrons. The molecule has 0 rings (SSSR count). The monoisotopic (exact) mass is 713 g/mol. The molecule has 0 saturated carbocycles. The Kier molecular flexibility index (Phi) is 34.8. The summed E-state index contributed by atoms with van der Waals surface area (Å²) in [7, 11) is -4.75. The van der Waals surface area contributed by atoms with E-state index >= 15 is 0 Å². The summed E-state index contributed by atoms with van der Waals surface area (Å²) in [6.45, 7) is 3.62. The van der Waals surface area contributed by atoms with Gasteiger partial charge in [-0.05, 0) is 64.2 Å². The van der Waals surface area contributed by atoms with Crippen LogP contribution >= 0.6 is 7.82 Å². The van der Waals surface area contributed by atoms with E-state index in [1.165, 1.54) is 83.5 Å². The van der Waals surface area contributed by atoms with Crippen molar-refractivity contribution in [2.75, 3.05) is 13.2 Å². The van der Waals surface area contributed by atoms with Crippen LogP contribution in [-0.4, -0.2) is 41.0 Å². The fourth-order valence-corrected chi connectivity index (χ4v) is 5.74. The second-order valence-corrected chi connectivity index (χ2v) is 14.5. The normalized spacial score (nSPS) is 12.8. The highest BCUT2D eigenvalue weighted by atomic mass is 31.2. The Balaban J connectivity index is 3.95. The topological polar surface area (TPSA) is 119 Å². The number of carbonyl (C=O) groups excluding carboxylic acids is 2. The van der Waals surface area contributed by atoms with Crippen molar-refractivity contribution < 1.29 is 37.9 Å². The van der Waals surface area contributed by atoms with Gasteiger partial charge >= 0.3 is 19.8 Å². The van der Waals surface area contributed by atoms with Crippen molar-refractivity contribution in [3.05, 3.63) is 36.5 Å². The largest absolute Gasteiger partial charge is 0.469 e. The van der Waals surface area contributed by atoms with E-state index < -0.39 is 32.5 Å². The van der Waals surface area contributed by atoms with Crippen molar-refractivity contribution in [1.82, 2.24) is 0 Å². The van der Waals surface area contributed by atoms with Gasteiger partial charge in [0.15, 0.2) is 6.10 Å². The molecule has 0 aromatic rings. The van der Waals surface area contributed by atoms with Crippen LogP contribution in [0.2, 0.25) is 0 Å². The number of hydrogen-bond donors (Lipinski definition) is 2. The van der Waals surface area contributed by atoms with Gasteiger partial charge in [-0.3, -0.25) is 14.1 Å². The van der Waals surface area contributed by atoms with E-state index in [2.05, 4.69) is 54.8 Å². The average molecular weight is 713 g/mol. The second-order valence-electron chi connectivity index (χ2n) is 13.2. The molecule has 0 aromatic heterocycles. The van der Waals surface area contributed by atoms with Crippen LogP contribution in [0, 0.1) is 0 Å². The summed E-state index contributed by atoms with van der Waals surface area (Å²) in [6, 6.07) is 0. The zero-order chi connectivity index (χ0) is 36.1. The van der Waals surface area contributed by atoms with E-state index in [4.69, 9.17) is 19.3 Å². The summed E-state index contributed by atoms with van der Waals surface area (Å²) in [5.41, 5.74) is 0. The lowest BCUT2D eigenvalue weighted by Crippen LogP contribution is -2.29. The van der Waals surface area contributed by atoms with Gasteiger partial charge in [-0.1, -0.05) is 147 Å². The highest BCUT2D eigenvalue weighted by Crippen LogP contribution is 2.36. The predicted octanol–water partition coefficient (Wildman–Crippen LogP) is 11.8. The SMILES string of the molecule is CCCC/C=C/C/C=C/CCCCCCCC(=O)OC[C@H](COP(=O)(O)O)OC(=O)CCCCCCCCCCC/C=C/CCCCCC. The number of ether oxygens (including phenoxy) is 2. The summed E-state index contributed by atoms with van der Waals surface area (Å²) < 4.78 is 26.3. The maximum Gasteiger partial charge on any atom is 0.469 e. The van der Waals surface area contributed by atoms with E-state index in [0.717, 1.165) is 64.2 Å². The number of carbonyl (C=O) groups is 2. The predicted molar refractivity (Wildman–Crippen MR) is 202 cm³/mol. The zero-order valence-electron chi connectivity index (χ0n) is 31.3. The van der Waals surface area contributed by atoms with Crippen molar-refractivity contribution >= 4 is 19.8 Å². The van der Waals surface area contributed by atoms with E-state index in [9.17, 15) is 14.2 Å². The van der Waals surface area contributed by atoms with Crippen molar-refractivity contribution in [2.45, 2.75) is 193 Å². The van der Waals surface area contributed by atoms with Crippen LogP contribution in [0.3, 0.4) is 0 Å². The van der Waals surface area contributed by atoms with Crippen LogP contribution in [-0.2, 0) is 28.2 Å². The van der Waals surface area contributed by atoms with Gasteiger partial charge in [-0.2, -0.15) is 0 Å². The van der Waals surface area contributed by atoms with Crippen LogP contribution in [0.4, 0.5) is 0 Å². The minimum Gasteiger partial charge on any atom is -0.462 e. The van der Waals surface area contributed by atoms with E-state index in [1.807, 2.05) is 0 Å². The first-order valence-electron chi connectivity index (χ1n) is 19.8. The van der Waals surface area contributed by atoms with Crippen LogP contribution in [0.15, 0.2) is 36.5 Å². The third-order valence-corrected chi connectivity index (χ3v) is 8.87. The number of phosphoric acid groups is 1. The van der Waals surface area contributed by atoms with Gasteiger partial charge in [0.2, 0.25) is 0 Å². The molecule has 1 atom stereocenters. The van der Waals surface area contributed by atoms with Crippen molar-refractivity contribution in [2.24, 2.45) is 0 Å². The Bertz CT molecular complexity index is 895. The average Bonchev–Trinajstić information content (AvgIpc) is 3.07. The molecule has 0 aromatic carbocycles. The summed E-state index contributed by atoms with van der Waals surface area (Å²) in [6.07, 6.45) is 41.4. The minimum absolute atomic E-state index is 0.207. The Morgan fingerprint density at radius 2 is 0.939 bits per heavy atom. The van der Waals surface area contributed by atoms with E-state index in [-0.39, 0.29) is 19.4 Å². The molecular formula is C40H73O8P. The highest BCUT2D eigenvalue weighted by molar-refractivity contribution is 7.46. The van der Waals surface area contributed by atoms with Gasteiger partial charge in [0, 0.05) is 12.8 Å². The van der Waals surface area contributed by atoms with Gasteiger partial charge in [-0.15, -0.1) is 0 Å². The molecule has 0 aliphatic rings. The molecule has 0 fully saturated rings. The maximum atomic E-state index is 12.4. The molecule has 0 saturated heterocycles. The fraction of sp³-hybridized carbons (Fsp3) is 0.800. The number of unbranched alkanes of at least 4 members (excludes halogenated alkanes) is 20. The summed E-state index contributed by atoms with van der Waals surface area (Å²) in [5.74, 6) is -0.902. The summed E-state index contributed by atoms with van der Waals surface area (Å²) in [5, 5.41) is 0. The molecular weight excluding hydrogens is 639 g/mol. The second kappa shape index (κ2) is 36.1. The van der Waals surface area contributed by atoms with Gasteiger partial charge < -0.3 is 19.3 Å². The lowest BCUT2D eigenvalue weighted by Gasteiger charge is -2.18. The van der Waals surface area contributed by atoms with E-state index in [1.54, 1.807) is 0 Å². The Morgan fingerprint density at radius 1 is 0.531 bits per heavy atom. The molecule has 0 bridgehead atoms. The standard InChI is InChI=1S/C40H73O8P/c1-3-5-7-9-11-13-15-17-19-20-21-23-25-27-29-31-33-35-40(42)48-38(37-47-49(43,44)45)36-46-39(41)34-32-30-28-26-24-22-18-16-14-12-10-8-6-4-2/h10,12-13,15-16,18,38H,3-9,11,14,17,19-37H2,1-2H3,(H2,43,44,45)/b12-10+,15-13+,18-16+/t38-/m1/s1.